The van der Waals surface area contributed by atoms with E-state index in [0.29, 0.717) is 5.02 Å². The standard InChI is InChI=1S/C10H12ClNO2/c1-7(6-14-10(12)13)8-4-2-3-5-9(8)11/h2-5,7H,6H2,1H3,(H2,12,13)/t7-/m1/s1. The number of ether oxygens (including phenoxy) is 1. The Morgan fingerprint density at radius 1 is 1.57 bits per heavy atom. The highest BCUT2D eigenvalue weighted by molar-refractivity contribution is 6.31. The lowest BCUT2D eigenvalue weighted by Crippen LogP contribution is -2.16. The first-order valence-electron chi connectivity index (χ1n) is 4.28. The van der Waals surface area contributed by atoms with Crippen LogP contribution in [-0.4, -0.2) is 12.7 Å². The molecule has 0 unspecified atom stereocenters. The van der Waals surface area contributed by atoms with Crippen molar-refractivity contribution in [3.63, 3.8) is 0 Å². The minimum Gasteiger partial charge on any atom is -0.449 e. The van der Waals surface area contributed by atoms with Crippen LogP contribution in [0.15, 0.2) is 24.3 Å². The Morgan fingerprint density at radius 3 is 2.79 bits per heavy atom. The van der Waals surface area contributed by atoms with Crippen LogP contribution in [0.4, 0.5) is 4.79 Å². The number of benzene rings is 1. The molecule has 0 spiro atoms. The summed E-state index contributed by atoms with van der Waals surface area (Å²) >= 11 is 5.96. The quantitative estimate of drug-likeness (QED) is 0.839. The van der Waals surface area contributed by atoms with Crippen LogP contribution in [0, 0.1) is 0 Å². The molecule has 1 amide bonds. The van der Waals surface area contributed by atoms with Crippen LogP contribution < -0.4 is 5.73 Å². The molecule has 0 aliphatic heterocycles. The second-order valence-corrected chi connectivity index (χ2v) is 3.46. The Labute approximate surface area is 87.8 Å². The molecule has 0 fully saturated rings. The molecule has 0 bridgehead atoms. The first kappa shape index (κ1) is 10.9. The molecule has 3 nitrogen and oxygen atoms in total. The topological polar surface area (TPSA) is 52.3 Å². The lowest BCUT2D eigenvalue weighted by atomic mass is 10.0. The van der Waals surface area contributed by atoms with Gasteiger partial charge in [-0.25, -0.2) is 4.79 Å². The number of carbonyl (C=O) groups excluding carboxylic acids is 1. The minimum atomic E-state index is -0.760. The van der Waals surface area contributed by atoms with E-state index < -0.39 is 6.09 Å². The highest BCUT2D eigenvalue weighted by Gasteiger charge is 2.10. The molecule has 0 saturated carbocycles. The average Bonchev–Trinajstić information content (AvgIpc) is 2.15. The van der Waals surface area contributed by atoms with Crippen molar-refractivity contribution < 1.29 is 9.53 Å². The molecule has 1 aromatic rings. The van der Waals surface area contributed by atoms with Crippen molar-refractivity contribution in [2.24, 2.45) is 5.73 Å². The summed E-state index contributed by atoms with van der Waals surface area (Å²) in [5.74, 6) is 0.0520. The molecule has 1 rings (SSSR count). The molecule has 0 saturated heterocycles. The van der Waals surface area contributed by atoms with Gasteiger partial charge in [0.2, 0.25) is 0 Å². The predicted molar refractivity (Wildman–Crippen MR) is 55.4 cm³/mol. The van der Waals surface area contributed by atoms with Gasteiger partial charge in [0.25, 0.3) is 0 Å². The van der Waals surface area contributed by atoms with Crippen molar-refractivity contribution in [2.45, 2.75) is 12.8 Å². The molecule has 4 heteroatoms. The fourth-order valence-corrected chi connectivity index (χ4v) is 1.49. The number of hydrogen-bond acceptors (Lipinski definition) is 2. The van der Waals surface area contributed by atoms with Crippen molar-refractivity contribution in [1.29, 1.82) is 0 Å². The summed E-state index contributed by atoms with van der Waals surface area (Å²) in [6.45, 7) is 2.17. The second-order valence-electron chi connectivity index (χ2n) is 3.05. The maximum atomic E-state index is 10.4. The van der Waals surface area contributed by atoms with Crippen LogP contribution >= 0.6 is 11.6 Å². The van der Waals surface area contributed by atoms with E-state index in [4.69, 9.17) is 22.1 Å². The van der Waals surface area contributed by atoms with Crippen molar-refractivity contribution >= 4 is 17.7 Å². The Bertz CT molecular complexity index is 328. The third-order valence-electron chi connectivity index (χ3n) is 1.91. The zero-order valence-corrected chi connectivity index (χ0v) is 8.62. The van der Waals surface area contributed by atoms with E-state index in [1.807, 2.05) is 25.1 Å². The number of amides is 1. The molecule has 0 aliphatic carbocycles. The van der Waals surface area contributed by atoms with E-state index in [0.717, 1.165) is 5.56 Å². The normalized spacial score (nSPS) is 12.1. The SMILES string of the molecule is C[C@H](COC(N)=O)c1ccccc1Cl. The van der Waals surface area contributed by atoms with Crippen molar-refractivity contribution in [1.82, 2.24) is 0 Å². The molecule has 1 atom stereocenters. The lowest BCUT2D eigenvalue weighted by molar-refractivity contribution is 0.151. The number of hydrogen-bond donors (Lipinski definition) is 1. The molecule has 76 valence electrons. The molecule has 14 heavy (non-hydrogen) atoms. The van der Waals surface area contributed by atoms with E-state index in [1.54, 1.807) is 6.07 Å². The minimum absolute atomic E-state index is 0.0520. The fraction of sp³-hybridized carbons (Fsp3) is 0.300. The molecular weight excluding hydrogens is 202 g/mol. The van der Waals surface area contributed by atoms with E-state index in [1.165, 1.54) is 0 Å². The molecule has 0 heterocycles. The third-order valence-corrected chi connectivity index (χ3v) is 2.26. The van der Waals surface area contributed by atoms with Gasteiger partial charge in [0.1, 0.15) is 0 Å². The molecule has 1 aromatic carbocycles. The van der Waals surface area contributed by atoms with Crippen molar-refractivity contribution in [3.8, 4) is 0 Å². The summed E-state index contributed by atoms with van der Waals surface area (Å²) in [4.78, 5) is 10.4. The van der Waals surface area contributed by atoms with Gasteiger partial charge in [0, 0.05) is 10.9 Å². The summed E-state index contributed by atoms with van der Waals surface area (Å²) in [6, 6.07) is 7.45. The Balaban J connectivity index is 2.65. The van der Waals surface area contributed by atoms with Crippen LogP contribution in [0.5, 0.6) is 0 Å². The molecule has 0 aromatic heterocycles. The van der Waals surface area contributed by atoms with Gasteiger partial charge in [-0.2, -0.15) is 0 Å². The van der Waals surface area contributed by atoms with Crippen LogP contribution in [0.1, 0.15) is 18.4 Å². The zero-order valence-electron chi connectivity index (χ0n) is 7.87. The number of nitrogens with two attached hydrogens (primary N) is 1. The molecule has 2 N–H and O–H groups in total. The van der Waals surface area contributed by atoms with Gasteiger partial charge in [-0.3, -0.25) is 0 Å². The summed E-state index contributed by atoms with van der Waals surface area (Å²) in [5, 5.41) is 0.674. The van der Waals surface area contributed by atoms with Gasteiger partial charge in [0.05, 0.1) is 6.61 Å². The largest absolute Gasteiger partial charge is 0.449 e. The summed E-state index contributed by atoms with van der Waals surface area (Å²) < 4.78 is 4.69. The molecular formula is C10H12ClNO2. The van der Waals surface area contributed by atoms with Crippen molar-refractivity contribution in [2.75, 3.05) is 6.61 Å². The first-order chi connectivity index (χ1) is 6.61. The van der Waals surface area contributed by atoms with E-state index >= 15 is 0 Å². The number of carbonyl (C=O) groups is 1. The van der Waals surface area contributed by atoms with Crippen LogP contribution in [-0.2, 0) is 4.74 Å². The third kappa shape index (κ3) is 2.92. The Hall–Kier alpha value is -1.22. The Kier molecular flexibility index (Phi) is 3.77. The zero-order chi connectivity index (χ0) is 10.6. The van der Waals surface area contributed by atoms with Gasteiger partial charge in [0.15, 0.2) is 0 Å². The van der Waals surface area contributed by atoms with E-state index in [2.05, 4.69) is 0 Å². The summed E-state index contributed by atoms with van der Waals surface area (Å²) in [6.07, 6.45) is -0.760. The Morgan fingerprint density at radius 2 is 2.21 bits per heavy atom. The van der Waals surface area contributed by atoms with Gasteiger partial charge in [-0.05, 0) is 11.6 Å². The predicted octanol–water partition coefficient (Wildman–Crippen LogP) is 2.54. The summed E-state index contributed by atoms with van der Waals surface area (Å²) in [7, 11) is 0. The maximum Gasteiger partial charge on any atom is 0.404 e. The van der Waals surface area contributed by atoms with Gasteiger partial charge < -0.3 is 10.5 Å². The fourth-order valence-electron chi connectivity index (χ4n) is 1.17. The van der Waals surface area contributed by atoms with E-state index in [-0.39, 0.29) is 12.5 Å². The average molecular weight is 214 g/mol. The smallest absolute Gasteiger partial charge is 0.404 e. The molecule has 0 radical (unpaired) electrons. The van der Waals surface area contributed by atoms with Gasteiger partial charge in [-0.15, -0.1) is 0 Å². The first-order valence-corrected chi connectivity index (χ1v) is 4.65. The monoisotopic (exact) mass is 213 g/mol. The van der Waals surface area contributed by atoms with Gasteiger partial charge >= 0.3 is 6.09 Å². The van der Waals surface area contributed by atoms with Crippen LogP contribution in [0.2, 0.25) is 5.02 Å². The lowest BCUT2D eigenvalue weighted by Gasteiger charge is -2.12. The van der Waals surface area contributed by atoms with Gasteiger partial charge in [-0.1, -0.05) is 36.7 Å². The van der Waals surface area contributed by atoms with Crippen LogP contribution in [0.25, 0.3) is 0 Å². The van der Waals surface area contributed by atoms with Crippen LogP contribution in [0.3, 0.4) is 0 Å². The highest BCUT2D eigenvalue weighted by Crippen LogP contribution is 2.23. The van der Waals surface area contributed by atoms with E-state index in [9.17, 15) is 4.79 Å². The highest BCUT2D eigenvalue weighted by atomic mass is 35.5. The summed E-state index contributed by atoms with van der Waals surface area (Å²) in [5.41, 5.74) is 5.82. The number of rotatable bonds is 3. The number of halogens is 1. The number of primary amides is 1. The second kappa shape index (κ2) is 4.86. The van der Waals surface area contributed by atoms with Crippen molar-refractivity contribution in [3.05, 3.63) is 34.9 Å². The molecule has 0 aliphatic rings. The maximum absolute atomic E-state index is 10.4.